The van der Waals surface area contributed by atoms with E-state index in [2.05, 4.69) is 10.3 Å². The molecule has 2 amide bonds. The van der Waals surface area contributed by atoms with Crippen LogP contribution in [0.25, 0.3) is 0 Å². The van der Waals surface area contributed by atoms with Crippen LogP contribution < -0.4 is 5.32 Å². The minimum atomic E-state index is -0.620. The van der Waals surface area contributed by atoms with Crippen LogP contribution in [-0.4, -0.2) is 40.8 Å². The number of aromatic nitrogens is 1. The molecule has 25 heavy (non-hydrogen) atoms. The second-order valence-corrected chi connectivity index (χ2v) is 6.08. The van der Waals surface area contributed by atoms with Gasteiger partial charge in [0.05, 0.1) is 11.8 Å². The van der Waals surface area contributed by atoms with Crippen molar-refractivity contribution in [3.8, 4) is 0 Å². The molecule has 3 rings (SSSR count). The highest BCUT2D eigenvalue weighted by Gasteiger charge is 2.29. The highest BCUT2D eigenvalue weighted by molar-refractivity contribution is 5.95. The van der Waals surface area contributed by atoms with Gasteiger partial charge in [0.1, 0.15) is 0 Å². The second kappa shape index (κ2) is 7.88. The molecule has 1 aliphatic heterocycles. The first kappa shape index (κ1) is 17.1. The summed E-state index contributed by atoms with van der Waals surface area (Å²) in [6.07, 6.45) is 5.10. The number of carbonyl (C=O) groups is 2. The summed E-state index contributed by atoms with van der Waals surface area (Å²) in [5.41, 5.74) is 0.604. The van der Waals surface area contributed by atoms with Crippen LogP contribution in [0.5, 0.6) is 0 Å². The van der Waals surface area contributed by atoms with E-state index in [1.54, 1.807) is 29.2 Å². The highest BCUT2D eigenvalue weighted by atomic mass is 19.1. The number of carbonyl (C=O) groups excluding carboxylic acids is 2. The summed E-state index contributed by atoms with van der Waals surface area (Å²) in [6, 6.07) is 10.2. The van der Waals surface area contributed by atoms with Crippen molar-refractivity contribution in [2.24, 2.45) is 0 Å². The fourth-order valence-electron chi connectivity index (χ4n) is 3.09. The monoisotopic (exact) mass is 341 g/mol. The molecule has 2 heterocycles. The Morgan fingerprint density at radius 1 is 1.20 bits per heavy atom. The van der Waals surface area contributed by atoms with Crippen molar-refractivity contribution in [2.45, 2.75) is 25.3 Å². The molecular weight excluding hydrogens is 321 g/mol. The van der Waals surface area contributed by atoms with Crippen LogP contribution in [0.15, 0.2) is 48.8 Å². The lowest BCUT2D eigenvalue weighted by atomic mass is 10.0. The number of hydrogen-bond acceptors (Lipinski definition) is 3. The molecule has 1 aromatic heterocycles. The van der Waals surface area contributed by atoms with Gasteiger partial charge in [0, 0.05) is 30.9 Å². The van der Waals surface area contributed by atoms with Gasteiger partial charge in [0.15, 0.2) is 5.82 Å². The van der Waals surface area contributed by atoms with Gasteiger partial charge >= 0.3 is 0 Å². The van der Waals surface area contributed by atoms with Crippen molar-refractivity contribution in [3.05, 3.63) is 65.7 Å². The molecule has 0 bridgehead atoms. The third kappa shape index (κ3) is 4.02. The molecule has 5 nitrogen and oxygen atoms in total. The smallest absolute Gasteiger partial charge is 0.257 e. The fourth-order valence-corrected chi connectivity index (χ4v) is 3.09. The van der Waals surface area contributed by atoms with Gasteiger partial charge in [-0.15, -0.1) is 0 Å². The predicted molar refractivity (Wildman–Crippen MR) is 91.6 cm³/mol. The molecule has 1 saturated heterocycles. The lowest BCUT2D eigenvalue weighted by molar-refractivity contribution is 0.0597. The molecule has 0 unspecified atom stereocenters. The lowest BCUT2D eigenvalue weighted by Gasteiger charge is -2.36. The van der Waals surface area contributed by atoms with E-state index in [4.69, 9.17) is 0 Å². The maximum absolute atomic E-state index is 13.9. The van der Waals surface area contributed by atoms with Crippen molar-refractivity contribution in [1.82, 2.24) is 15.2 Å². The second-order valence-electron chi connectivity index (χ2n) is 6.08. The van der Waals surface area contributed by atoms with E-state index in [1.165, 1.54) is 12.3 Å². The molecule has 130 valence electrons. The Bertz CT molecular complexity index is 751. The third-order valence-electron chi connectivity index (χ3n) is 4.43. The first-order valence-corrected chi connectivity index (χ1v) is 8.40. The van der Waals surface area contributed by atoms with Crippen LogP contribution in [0.4, 0.5) is 4.39 Å². The standard InChI is InChI=1S/C19H20FN3O2/c20-17-13-21-10-9-16(17)19(25)23-11-5-4-8-15(23)12-22-18(24)14-6-2-1-3-7-14/h1-3,6-7,9-10,13,15H,4-5,8,11-12H2,(H,22,24)/t15-/m1/s1. The highest BCUT2D eigenvalue weighted by Crippen LogP contribution is 2.20. The molecule has 2 aromatic rings. The largest absolute Gasteiger partial charge is 0.350 e. The minimum Gasteiger partial charge on any atom is -0.350 e. The first-order valence-electron chi connectivity index (χ1n) is 8.40. The third-order valence-corrected chi connectivity index (χ3v) is 4.43. The van der Waals surface area contributed by atoms with E-state index in [0.717, 1.165) is 25.5 Å². The number of likely N-dealkylation sites (tertiary alicyclic amines) is 1. The van der Waals surface area contributed by atoms with Crippen LogP contribution in [0, 0.1) is 5.82 Å². The summed E-state index contributed by atoms with van der Waals surface area (Å²) in [5.74, 6) is -1.14. The molecule has 1 fully saturated rings. The number of pyridine rings is 1. The van der Waals surface area contributed by atoms with Crippen molar-refractivity contribution in [2.75, 3.05) is 13.1 Å². The zero-order valence-corrected chi connectivity index (χ0v) is 13.8. The van der Waals surface area contributed by atoms with Gasteiger partial charge in [-0.3, -0.25) is 14.6 Å². The zero-order valence-electron chi connectivity index (χ0n) is 13.8. The normalized spacial score (nSPS) is 17.2. The van der Waals surface area contributed by atoms with Crippen molar-refractivity contribution in [1.29, 1.82) is 0 Å². The van der Waals surface area contributed by atoms with Gasteiger partial charge in [0.2, 0.25) is 0 Å². The molecular formula is C19H20FN3O2. The van der Waals surface area contributed by atoms with Gasteiger partial charge in [-0.1, -0.05) is 18.2 Å². The maximum Gasteiger partial charge on any atom is 0.257 e. The molecule has 1 aliphatic rings. The van der Waals surface area contributed by atoms with Crippen LogP contribution in [0.2, 0.25) is 0 Å². The van der Waals surface area contributed by atoms with E-state index >= 15 is 0 Å². The summed E-state index contributed by atoms with van der Waals surface area (Å²) in [4.78, 5) is 30.2. The van der Waals surface area contributed by atoms with Crippen LogP contribution >= 0.6 is 0 Å². The first-order chi connectivity index (χ1) is 12.2. The molecule has 0 saturated carbocycles. The van der Waals surface area contributed by atoms with Crippen molar-refractivity contribution >= 4 is 11.8 Å². The van der Waals surface area contributed by atoms with E-state index in [1.807, 2.05) is 6.07 Å². The van der Waals surface area contributed by atoms with Crippen molar-refractivity contribution < 1.29 is 14.0 Å². The Balaban J connectivity index is 1.68. The average molecular weight is 341 g/mol. The Labute approximate surface area is 145 Å². The van der Waals surface area contributed by atoms with Crippen molar-refractivity contribution in [3.63, 3.8) is 0 Å². The number of benzene rings is 1. The Hall–Kier alpha value is -2.76. The van der Waals surface area contributed by atoms with Gasteiger partial charge < -0.3 is 10.2 Å². The molecule has 0 aliphatic carbocycles. The predicted octanol–water partition coefficient (Wildman–Crippen LogP) is 2.65. The van der Waals surface area contributed by atoms with Crippen LogP contribution in [0.1, 0.15) is 40.0 Å². The topological polar surface area (TPSA) is 62.3 Å². The minimum absolute atomic E-state index is 0.0243. The maximum atomic E-state index is 13.9. The molecule has 1 atom stereocenters. The molecule has 1 aromatic carbocycles. The molecule has 0 radical (unpaired) electrons. The summed E-state index contributed by atoms with van der Waals surface area (Å²) in [7, 11) is 0. The quantitative estimate of drug-likeness (QED) is 0.930. The summed E-state index contributed by atoms with van der Waals surface area (Å²) >= 11 is 0. The van der Waals surface area contributed by atoms with E-state index in [0.29, 0.717) is 18.7 Å². The molecule has 0 spiro atoms. The SMILES string of the molecule is O=C(NC[C@H]1CCCCN1C(=O)c1ccncc1F)c1ccccc1. The van der Waals surface area contributed by atoms with E-state index in [9.17, 15) is 14.0 Å². The van der Waals surface area contributed by atoms with E-state index < -0.39 is 5.82 Å². The van der Waals surface area contributed by atoms with Gasteiger partial charge in [0.25, 0.3) is 11.8 Å². The molecule has 1 N–H and O–H groups in total. The number of halogens is 1. The summed E-state index contributed by atoms with van der Waals surface area (Å²) < 4.78 is 13.9. The van der Waals surface area contributed by atoms with Crippen LogP contribution in [0.3, 0.4) is 0 Å². The lowest BCUT2D eigenvalue weighted by Crippen LogP contribution is -2.49. The number of hydrogen-bond donors (Lipinski definition) is 1. The number of nitrogens with one attached hydrogen (secondary N) is 1. The summed E-state index contributed by atoms with van der Waals surface area (Å²) in [5, 5.41) is 2.88. The van der Waals surface area contributed by atoms with Gasteiger partial charge in [-0.2, -0.15) is 0 Å². The number of rotatable bonds is 4. The fraction of sp³-hybridized carbons (Fsp3) is 0.316. The van der Waals surface area contributed by atoms with E-state index in [-0.39, 0.29) is 23.4 Å². The number of amides is 2. The van der Waals surface area contributed by atoms with Gasteiger partial charge in [-0.05, 0) is 37.5 Å². The molecule has 6 heteroatoms. The Kier molecular flexibility index (Phi) is 5.38. The Morgan fingerprint density at radius 2 is 2.00 bits per heavy atom. The number of nitrogens with zero attached hydrogens (tertiary/aromatic N) is 2. The number of piperidine rings is 1. The summed E-state index contributed by atoms with van der Waals surface area (Å²) in [6.45, 7) is 0.915. The zero-order chi connectivity index (χ0) is 17.6. The van der Waals surface area contributed by atoms with Gasteiger partial charge in [-0.25, -0.2) is 4.39 Å². The van der Waals surface area contributed by atoms with Crippen LogP contribution in [-0.2, 0) is 0 Å². The average Bonchev–Trinajstić information content (AvgIpc) is 2.67. The Morgan fingerprint density at radius 3 is 2.76 bits per heavy atom.